The Kier molecular flexibility index (Phi) is 6.62. The number of aliphatic hydroxyl groups is 1. The summed E-state index contributed by atoms with van der Waals surface area (Å²) in [6, 6.07) is 30.7. The maximum atomic E-state index is 12.9. The number of anilines is 1. The van der Waals surface area contributed by atoms with Gasteiger partial charge in [-0.25, -0.2) is 0 Å². The molecule has 0 aromatic heterocycles. The molecule has 0 bridgehead atoms. The minimum atomic E-state index is -1.46. The van der Waals surface area contributed by atoms with E-state index in [9.17, 15) is 14.7 Å². The fraction of sp³-hybridized carbons (Fsp3) is 0.0714. The minimum Gasteiger partial charge on any atom is -0.496 e. The van der Waals surface area contributed by atoms with Gasteiger partial charge in [0.05, 0.1) is 7.11 Å². The van der Waals surface area contributed by atoms with Gasteiger partial charge < -0.3 is 15.2 Å². The summed E-state index contributed by atoms with van der Waals surface area (Å²) in [7, 11) is 1.45. The van der Waals surface area contributed by atoms with Gasteiger partial charge >= 0.3 is 0 Å². The summed E-state index contributed by atoms with van der Waals surface area (Å²) >= 11 is 0. The van der Waals surface area contributed by atoms with Crippen molar-refractivity contribution in [3.63, 3.8) is 0 Å². The molecule has 0 fully saturated rings. The lowest BCUT2D eigenvalue weighted by Gasteiger charge is -2.16. The molecule has 0 radical (unpaired) electrons. The molecule has 0 aliphatic rings. The molecule has 1 unspecified atom stereocenters. The molecule has 5 nitrogen and oxygen atoms in total. The maximum Gasteiger partial charge on any atom is 0.255 e. The Labute approximate surface area is 192 Å². The summed E-state index contributed by atoms with van der Waals surface area (Å²) in [5, 5.41) is 13.6. The van der Waals surface area contributed by atoms with Gasteiger partial charge in [-0.1, -0.05) is 72.8 Å². The van der Waals surface area contributed by atoms with Crippen LogP contribution in [0.4, 0.5) is 5.69 Å². The normalized spacial score (nSPS) is 11.5. The van der Waals surface area contributed by atoms with Gasteiger partial charge in [-0.3, -0.25) is 9.59 Å². The van der Waals surface area contributed by atoms with Crippen molar-refractivity contribution in [3.05, 3.63) is 120 Å². The van der Waals surface area contributed by atoms with Crippen LogP contribution in [0.25, 0.3) is 11.1 Å². The summed E-state index contributed by atoms with van der Waals surface area (Å²) in [5.41, 5.74) is 3.68. The molecule has 2 N–H and O–H groups in total. The van der Waals surface area contributed by atoms with Crippen LogP contribution in [-0.4, -0.2) is 23.9 Å². The third-order valence-corrected chi connectivity index (χ3v) is 5.34. The number of methoxy groups -OCH3 is 1. The van der Waals surface area contributed by atoms with Crippen LogP contribution < -0.4 is 10.1 Å². The molecule has 4 rings (SSSR count). The largest absolute Gasteiger partial charge is 0.496 e. The summed E-state index contributed by atoms with van der Waals surface area (Å²) in [4.78, 5) is 25.6. The number of Topliss-reactive ketones (excluding diaryl/α,β-unsaturated/α-hetero) is 1. The Hall–Kier alpha value is -4.22. The van der Waals surface area contributed by atoms with Crippen molar-refractivity contribution in [2.45, 2.75) is 6.10 Å². The molecule has 0 aliphatic carbocycles. The Balaban J connectivity index is 1.54. The third kappa shape index (κ3) is 5.00. The number of benzene rings is 4. The quantitative estimate of drug-likeness (QED) is 0.373. The zero-order valence-corrected chi connectivity index (χ0v) is 18.1. The van der Waals surface area contributed by atoms with E-state index in [0.29, 0.717) is 22.6 Å². The van der Waals surface area contributed by atoms with Crippen LogP contribution in [0.2, 0.25) is 0 Å². The number of ketones is 1. The molecule has 5 heteroatoms. The molecule has 4 aromatic carbocycles. The number of ether oxygens (including phenoxy) is 1. The number of aliphatic hydroxyl groups excluding tert-OH is 1. The fourth-order valence-corrected chi connectivity index (χ4v) is 3.57. The van der Waals surface area contributed by atoms with Gasteiger partial charge in [-0.2, -0.15) is 0 Å². The van der Waals surface area contributed by atoms with Gasteiger partial charge in [0.2, 0.25) is 0 Å². The zero-order chi connectivity index (χ0) is 23.2. The number of rotatable bonds is 7. The van der Waals surface area contributed by atoms with Crippen LogP contribution in [0, 0.1) is 0 Å². The van der Waals surface area contributed by atoms with E-state index < -0.39 is 11.9 Å². The standard InChI is InChI=1S/C28H23NO4/c1-33-25-17-14-22(18-24(25)27(31)26(30)21-10-6-3-7-11-21)28(32)29-23-15-12-20(13-16-23)19-8-4-2-5-9-19/h2-18,27,31H,1H3,(H,29,32). The number of hydrogen-bond acceptors (Lipinski definition) is 4. The summed E-state index contributed by atoms with van der Waals surface area (Å²) in [6.45, 7) is 0. The minimum absolute atomic E-state index is 0.235. The Bertz CT molecular complexity index is 1250. The van der Waals surface area contributed by atoms with Crippen molar-refractivity contribution >= 4 is 17.4 Å². The van der Waals surface area contributed by atoms with E-state index in [1.807, 2.05) is 54.6 Å². The van der Waals surface area contributed by atoms with Gasteiger partial charge in [0.15, 0.2) is 5.78 Å². The van der Waals surface area contributed by atoms with Crippen LogP contribution >= 0.6 is 0 Å². The number of carbonyl (C=O) groups excluding carboxylic acids is 2. The van der Waals surface area contributed by atoms with Crippen LogP contribution in [0.3, 0.4) is 0 Å². The molecule has 0 saturated carbocycles. The molecule has 33 heavy (non-hydrogen) atoms. The summed E-state index contributed by atoms with van der Waals surface area (Å²) in [6.07, 6.45) is -1.46. The van der Waals surface area contributed by atoms with E-state index in [0.717, 1.165) is 11.1 Å². The van der Waals surface area contributed by atoms with E-state index in [1.165, 1.54) is 13.2 Å². The van der Waals surface area contributed by atoms with Crippen LogP contribution in [0.5, 0.6) is 5.75 Å². The lowest BCUT2D eigenvalue weighted by molar-refractivity contribution is 0.0741. The maximum absolute atomic E-state index is 12.9. The predicted octanol–water partition coefficient (Wildman–Crippen LogP) is 5.53. The molecular formula is C28H23NO4. The van der Waals surface area contributed by atoms with E-state index in [4.69, 9.17) is 4.74 Å². The monoisotopic (exact) mass is 437 g/mol. The molecule has 0 heterocycles. The SMILES string of the molecule is COc1ccc(C(=O)Nc2ccc(-c3ccccc3)cc2)cc1C(O)C(=O)c1ccccc1. The van der Waals surface area contributed by atoms with Crippen molar-refractivity contribution in [2.75, 3.05) is 12.4 Å². The van der Waals surface area contributed by atoms with Crippen molar-refractivity contribution in [1.29, 1.82) is 0 Å². The first kappa shape index (κ1) is 22.0. The van der Waals surface area contributed by atoms with Gasteiger partial charge in [0.1, 0.15) is 11.9 Å². The van der Waals surface area contributed by atoms with Gasteiger partial charge in [-0.15, -0.1) is 0 Å². The van der Waals surface area contributed by atoms with Crippen molar-refractivity contribution in [2.24, 2.45) is 0 Å². The second-order valence-electron chi connectivity index (χ2n) is 7.49. The molecular weight excluding hydrogens is 414 g/mol. The number of amides is 1. The predicted molar refractivity (Wildman–Crippen MR) is 129 cm³/mol. The first-order valence-electron chi connectivity index (χ1n) is 10.5. The van der Waals surface area contributed by atoms with Crippen molar-refractivity contribution in [3.8, 4) is 16.9 Å². The molecule has 1 amide bonds. The van der Waals surface area contributed by atoms with Crippen LogP contribution in [0.1, 0.15) is 32.4 Å². The first-order chi connectivity index (χ1) is 16.1. The third-order valence-electron chi connectivity index (χ3n) is 5.34. The second kappa shape index (κ2) is 9.94. The Morgan fingerprint density at radius 2 is 1.36 bits per heavy atom. The van der Waals surface area contributed by atoms with Crippen molar-refractivity contribution in [1.82, 2.24) is 0 Å². The second-order valence-corrected chi connectivity index (χ2v) is 7.49. The van der Waals surface area contributed by atoms with Crippen LogP contribution in [0.15, 0.2) is 103 Å². The number of nitrogens with one attached hydrogen (secondary N) is 1. The first-order valence-corrected chi connectivity index (χ1v) is 10.5. The smallest absolute Gasteiger partial charge is 0.255 e. The van der Waals surface area contributed by atoms with E-state index in [1.54, 1.807) is 42.5 Å². The fourth-order valence-electron chi connectivity index (χ4n) is 3.57. The topological polar surface area (TPSA) is 75.6 Å². The highest BCUT2D eigenvalue weighted by atomic mass is 16.5. The zero-order valence-electron chi connectivity index (χ0n) is 18.1. The Morgan fingerprint density at radius 1 is 0.758 bits per heavy atom. The Morgan fingerprint density at radius 3 is 2.00 bits per heavy atom. The van der Waals surface area contributed by atoms with E-state index in [-0.39, 0.29) is 11.5 Å². The number of hydrogen-bond donors (Lipinski definition) is 2. The highest BCUT2D eigenvalue weighted by Gasteiger charge is 2.24. The molecule has 1 atom stereocenters. The summed E-state index contributed by atoms with van der Waals surface area (Å²) < 4.78 is 5.32. The van der Waals surface area contributed by atoms with E-state index in [2.05, 4.69) is 5.32 Å². The highest BCUT2D eigenvalue weighted by molar-refractivity contribution is 6.05. The lowest BCUT2D eigenvalue weighted by Crippen LogP contribution is -2.16. The molecule has 0 spiro atoms. The van der Waals surface area contributed by atoms with Crippen LogP contribution in [-0.2, 0) is 0 Å². The van der Waals surface area contributed by atoms with Crippen molar-refractivity contribution < 1.29 is 19.4 Å². The summed E-state index contributed by atoms with van der Waals surface area (Å²) in [5.74, 6) is -0.496. The molecule has 0 aliphatic heterocycles. The average Bonchev–Trinajstić information content (AvgIpc) is 2.89. The van der Waals surface area contributed by atoms with Gasteiger partial charge in [0.25, 0.3) is 5.91 Å². The molecule has 0 saturated heterocycles. The lowest BCUT2D eigenvalue weighted by atomic mass is 9.97. The highest BCUT2D eigenvalue weighted by Crippen LogP contribution is 2.29. The number of carbonyl (C=O) groups is 2. The average molecular weight is 437 g/mol. The van der Waals surface area contributed by atoms with Gasteiger partial charge in [0, 0.05) is 22.4 Å². The molecule has 4 aromatic rings. The molecule has 164 valence electrons. The van der Waals surface area contributed by atoms with Gasteiger partial charge in [-0.05, 0) is 41.5 Å². The van der Waals surface area contributed by atoms with E-state index >= 15 is 0 Å².